The van der Waals surface area contributed by atoms with E-state index < -0.39 is 155 Å². The first kappa shape index (κ1) is 40.3. The Morgan fingerprint density at radius 2 is 0.820 bits per heavy atom. The van der Waals surface area contributed by atoms with Crippen molar-refractivity contribution in [1.82, 2.24) is 0 Å². The number of methoxy groups -OCH3 is 1. The zero-order valence-corrected chi connectivity index (χ0v) is 27.7. The fourth-order valence-corrected chi connectivity index (χ4v) is 6.47. The van der Waals surface area contributed by atoms with Crippen LogP contribution >= 0.6 is 0 Å². The second-order valence-electron chi connectivity index (χ2n) is 13.2. The van der Waals surface area contributed by atoms with Crippen LogP contribution in [0.4, 0.5) is 0 Å². The summed E-state index contributed by atoms with van der Waals surface area (Å²) < 4.78 is 57.8. The molecule has 0 saturated carbocycles. The van der Waals surface area contributed by atoms with E-state index in [9.17, 15) is 56.2 Å². The molecular weight excluding hydrogens is 684 g/mol. The lowest BCUT2D eigenvalue weighted by Gasteiger charge is -2.51. The van der Waals surface area contributed by atoms with Gasteiger partial charge in [0.15, 0.2) is 31.5 Å². The van der Waals surface area contributed by atoms with Gasteiger partial charge in [-0.05, 0) is 20.8 Å². The highest BCUT2D eigenvalue weighted by atomic mass is 16.8. The second-order valence-corrected chi connectivity index (χ2v) is 13.2. The summed E-state index contributed by atoms with van der Waals surface area (Å²) in [4.78, 5) is 0. The van der Waals surface area contributed by atoms with Crippen LogP contribution in [0.25, 0.3) is 0 Å². The van der Waals surface area contributed by atoms with Crippen molar-refractivity contribution in [2.75, 3.05) is 20.3 Å². The van der Waals surface area contributed by atoms with Gasteiger partial charge in [0.05, 0.1) is 31.5 Å². The average Bonchev–Trinajstić information content (AvgIpc) is 3.08. The van der Waals surface area contributed by atoms with Gasteiger partial charge in [0.2, 0.25) is 0 Å². The highest BCUT2D eigenvalue weighted by Gasteiger charge is 2.57. The summed E-state index contributed by atoms with van der Waals surface area (Å²) in [7, 11) is 1.26. The van der Waals surface area contributed by atoms with Crippen molar-refractivity contribution in [3.8, 4) is 0 Å². The molecule has 0 aromatic carbocycles. The van der Waals surface area contributed by atoms with Crippen molar-refractivity contribution in [2.24, 2.45) is 0 Å². The Labute approximate surface area is 286 Å². The van der Waals surface area contributed by atoms with Crippen LogP contribution in [-0.4, -0.2) is 218 Å². The number of ether oxygens (including phenoxy) is 10. The third-order valence-electron chi connectivity index (χ3n) is 9.62. The number of rotatable bonds is 9. The van der Waals surface area contributed by atoms with Crippen LogP contribution in [0.2, 0.25) is 0 Å². The summed E-state index contributed by atoms with van der Waals surface area (Å²) in [5.74, 6) is 0. The molecule has 0 amide bonds. The first-order chi connectivity index (χ1) is 23.5. The molecule has 5 aliphatic rings. The number of aliphatic hydroxyl groups is 11. The van der Waals surface area contributed by atoms with Gasteiger partial charge in [-0.2, -0.15) is 0 Å². The summed E-state index contributed by atoms with van der Waals surface area (Å²) in [6, 6.07) is 0. The van der Waals surface area contributed by atoms with E-state index in [0.717, 1.165) is 0 Å². The van der Waals surface area contributed by atoms with Crippen molar-refractivity contribution in [1.29, 1.82) is 0 Å². The van der Waals surface area contributed by atoms with Crippen LogP contribution in [0.1, 0.15) is 20.8 Å². The average molecular weight is 735 g/mol. The molecule has 0 bridgehead atoms. The minimum absolute atomic E-state index is 0.450. The van der Waals surface area contributed by atoms with Gasteiger partial charge >= 0.3 is 0 Å². The third kappa shape index (κ3) is 8.13. The molecule has 50 heavy (non-hydrogen) atoms. The normalized spacial score (nSPS) is 55.1. The Kier molecular flexibility index (Phi) is 13.5. The van der Waals surface area contributed by atoms with E-state index >= 15 is 0 Å². The smallest absolute Gasteiger partial charge is 0.187 e. The Morgan fingerprint density at radius 3 is 1.38 bits per heavy atom. The summed E-state index contributed by atoms with van der Waals surface area (Å²) in [6.07, 6.45) is -35.7. The monoisotopic (exact) mass is 734 g/mol. The zero-order chi connectivity index (χ0) is 36.8. The van der Waals surface area contributed by atoms with Crippen molar-refractivity contribution in [3.63, 3.8) is 0 Å². The largest absolute Gasteiger partial charge is 0.388 e. The predicted octanol–water partition coefficient (Wildman–Crippen LogP) is -6.91. The molecule has 5 aliphatic heterocycles. The molecule has 21 heteroatoms. The molecule has 23 atom stereocenters. The van der Waals surface area contributed by atoms with Crippen LogP contribution in [0.3, 0.4) is 0 Å². The van der Waals surface area contributed by atoms with E-state index in [1.165, 1.54) is 27.9 Å². The van der Waals surface area contributed by atoms with Crippen LogP contribution in [0, 0.1) is 0 Å². The number of hydrogen-bond acceptors (Lipinski definition) is 21. The maximum atomic E-state index is 11.0. The molecule has 5 rings (SSSR count). The van der Waals surface area contributed by atoms with Crippen LogP contribution in [0.5, 0.6) is 0 Å². The Morgan fingerprint density at radius 1 is 0.380 bits per heavy atom. The van der Waals surface area contributed by atoms with Crippen molar-refractivity contribution in [3.05, 3.63) is 0 Å². The van der Waals surface area contributed by atoms with E-state index in [1.807, 2.05) is 0 Å². The Balaban J connectivity index is 1.53. The summed E-state index contributed by atoms with van der Waals surface area (Å²) in [6.45, 7) is 3.40. The standard InChI is InChI=1S/C29H50O21/c1-7-12(32)16(36)19(39)28(45-7)49-23-21(47-26-17(37)14(34)10(30)5-42-26)9(3)46-29(24(23)50-27-18(38)15(35)11(31)6-43-27)48-22-13(33)8(2)44-25(41-4)20(22)40/h7-40H,5-6H2,1-4H3/t7-,8-,9-,10-,11-,12-,13-,14+,15+,16+,17-,18-,19+,20+,21-,22+,23+,24+,25+,26+,27+,28-,29-/m0/s1. The first-order valence-corrected chi connectivity index (χ1v) is 16.4. The summed E-state index contributed by atoms with van der Waals surface area (Å²) in [5, 5.41) is 116. The van der Waals surface area contributed by atoms with Gasteiger partial charge in [-0.3, -0.25) is 0 Å². The molecule has 0 spiro atoms. The van der Waals surface area contributed by atoms with E-state index in [-0.39, 0.29) is 0 Å². The minimum Gasteiger partial charge on any atom is -0.388 e. The molecule has 5 fully saturated rings. The van der Waals surface area contributed by atoms with Gasteiger partial charge in [-0.15, -0.1) is 0 Å². The van der Waals surface area contributed by atoms with E-state index in [2.05, 4.69) is 0 Å². The topological polar surface area (TPSA) is 315 Å². The number of aliphatic hydroxyl groups excluding tert-OH is 11. The molecule has 0 aliphatic carbocycles. The summed E-state index contributed by atoms with van der Waals surface area (Å²) in [5.41, 5.74) is 0. The van der Waals surface area contributed by atoms with Gasteiger partial charge in [-0.25, -0.2) is 0 Å². The van der Waals surface area contributed by atoms with Crippen LogP contribution < -0.4 is 0 Å². The highest BCUT2D eigenvalue weighted by Crippen LogP contribution is 2.37. The van der Waals surface area contributed by atoms with E-state index in [4.69, 9.17) is 47.4 Å². The molecular formula is C29H50O21. The van der Waals surface area contributed by atoms with Crippen LogP contribution in [0.15, 0.2) is 0 Å². The maximum Gasteiger partial charge on any atom is 0.187 e. The van der Waals surface area contributed by atoms with Gasteiger partial charge in [0, 0.05) is 7.11 Å². The lowest BCUT2D eigenvalue weighted by molar-refractivity contribution is -0.410. The first-order valence-electron chi connectivity index (χ1n) is 16.4. The van der Waals surface area contributed by atoms with Gasteiger partial charge in [0.25, 0.3) is 0 Å². The van der Waals surface area contributed by atoms with Crippen LogP contribution in [-0.2, 0) is 47.4 Å². The highest BCUT2D eigenvalue weighted by molar-refractivity contribution is 4.98. The van der Waals surface area contributed by atoms with Gasteiger partial charge in [-0.1, -0.05) is 0 Å². The fraction of sp³-hybridized carbons (Fsp3) is 1.00. The molecule has 5 heterocycles. The molecule has 11 N–H and O–H groups in total. The molecule has 292 valence electrons. The lowest BCUT2D eigenvalue weighted by Crippen LogP contribution is -2.68. The lowest BCUT2D eigenvalue weighted by atomic mass is 9.95. The zero-order valence-electron chi connectivity index (χ0n) is 27.7. The van der Waals surface area contributed by atoms with Crippen molar-refractivity contribution >= 4 is 0 Å². The van der Waals surface area contributed by atoms with E-state index in [1.54, 1.807) is 0 Å². The molecule has 0 unspecified atom stereocenters. The quantitative estimate of drug-likeness (QED) is 0.105. The second kappa shape index (κ2) is 16.7. The number of hydrogen-bond donors (Lipinski definition) is 11. The minimum atomic E-state index is -1.87. The molecule has 0 aromatic heterocycles. The van der Waals surface area contributed by atoms with E-state index in [0.29, 0.717) is 0 Å². The molecule has 0 radical (unpaired) electrons. The van der Waals surface area contributed by atoms with Crippen molar-refractivity contribution < 1.29 is 104 Å². The SMILES string of the molecule is CO[C@@H]1O[C@@H](C)[C@H](O)[C@@H](O[C@@H]2O[C@@H](C)[C@H](O[C@H]3OC[C@H](O)[C@@H](O)[C@@H]3O)[C@@H](O[C@@H]3O[C@@H](C)[C@H](O)[C@@H](O)[C@H]3O)[C@H]2O[C@H]2OC[C@H](O)[C@@H](O)[C@@H]2O)[C@H]1O. The fourth-order valence-electron chi connectivity index (χ4n) is 6.47. The summed E-state index contributed by atoms with van der Waals surface area (Å²) >= 11 is 0. The maximum absolute atomic E-state index is 11.0. The van der Waals surface area contributed by atoms with Gasteiger partial charge in [0.1, 0.15) is 91.6 Å². The Hall–Kier alpha value is -0.840. The molecule has 21 nitrogen and oxygen atoms in total. The van der Waals surface area contributed by atoms with Crippen molar-refractivity contribution in [2.45, 2.75) is 162 Å². The molecule has 0 aromatic rings. The third-order valence-corrected chi connectivity index (χ3v) is 9.62. The molecule has 5 saturated heterocycles. The van der Waals surface area contributed by atoms with Gasteiger partial charge < -0.3 is 104 Å². The Bertz CT molecular complexity index is 1080. The predicted molar refractivity (Wildman–Crippen MR) is 155 cm³/mol.